The number of fused-ring (bicyclic) bond motifs is 1. The van der Waals surface area contributed by atoms with Gasteiger partial charge < -0.3 is 15.0 Å². The maximum atomic E-state index is 4.59. The molecule has 0 bridgehead atoms. The molecule has 0 aromatic carbocycles. The highest BCUT2D eigenvalue weighted by atomic mass is 127. The molecule has 2 heterocycles. The minimum Gasteiger partial charge on any atom is -0.352 e. The number of hydrogen-bond acceptors (Lipinski definition) is 2. The number of aromatic nitrogens is 2. The van der Waals surface area contributed by atoms with E-state index in [1.165, 1.54) is 5.56 Å². The summed E-state index contributed by atoms with van der Waals surface area (Å²) in [6.45, 7) is 9.03. The van der Waals surface area contributed by atoms with Gasteiger partial charge in [0.2, 0.25) is 0 Å². The van der Waals surface area contributed by atoms with Crippen LogP contribution in [-0.4, -0.2) is 27.9 Å². The Morgan fingerprint density at radius 2 is 2.10 bits per heavy atom. The highest BCUT2D eigenvalue weighted by Crippen LogP contribution is 2.07. The summed E-state index contributed by atoms with van der Waals surface area (Å²) in [6, 6.07) is 4.15. The molecule has 0 atom stereocenters. The molecule has 2 rings (SSSR count). The lowest BCUT2D eigenvalue weighted by atomic mass is 10.1. The molecule has 21 heavy (non-hydrogen) atoms. The predicted molar refractivity (Wildman–Crippen MR) is 98.4 cm³/mol. The van der Waals surface area contributed by atoms with Gasteiger partial charge in [0.25, 0.3) is 0 Å². The normalized spacial score (nSPS) is 12.1. The number of hydrogen-bond donors (Lipinski definition) is 2. The Kier molecular flexibility index (Phi) is 6.00. The minimum atomic E-state index is -0.0160. The number of rotatable bonds is 2. The zero-order chi connectivity index (χ0) is 14.8. The van der Waals surface area contributed by atoms with Crippen LogP contribution in [-0.2, 0) is 6.54 Å². The number of aliphatic imine (C=N–C) groups is 1. The van der Waals surface area contributed by atoms with Crippen LogP contribution >= 0.6 is 24.0 Å². The fraction of sp³-hybridized carbons (Fsp3) is 0.467. The van der Waals surface area contributed by atoms with Crippen molar-refractivity contribution in [2.24, 2.45) is 4.99 Å². The SMILES string of the molecule is CN=C(NCc1cn2ccc(C)cc2n1)NC(C)(C)C.I. The molecular formula is C15H24IN5. The predicted octanol–water partition coefficient (Wildman–Crippen LogP) is 2.72. The summed E-state index contributed by atoms with van der Waals surface area (Å²) in [5.74, 6) is 0.783. The Hall–Kier alpha value is -1.31. The second-order valence-corrected chi connectivity index (χ2v) is 6.00. The maximum absolute atomic E-state index is 4.59. The Labute approximate surface area is 143 Å². The van der Waals surface area contributed by atoms with E-state index in [4.69, 9.17) is 0 Å². The number of pyridine rings is 1. The van der Waals surface area contributed by atoms with Crippen LogP contribution in [0.15, 0.2) is 29.5 Å². The summed E-state index contributed by atoms with van der Waals surface area (Å²) < 4.78 is 2.03. The maximum Gasteiger partial charge on any atom is 0.191 e. The standard InChI is InChI=1S/C15H23N5.HI/c1-11-6-7-20-10-12(18-13(20)8-11)9-17-14(16-5)19-15(2,3)4;/h6-8,10H,9H2,1-5H3,(H2,16,17,19);1H. The molecule has 5 nitrogen and oxygen atoms in total. The summed E-state index contributed by atoms with van der Waals surface area (Å²) >= 11 is 0. The van der Waals surface area contributed by atoms with E-state index in [2.05, 4.69) is 60.4 Å². The second-order valence-electron chi connectivity index (χ2n) is 6.00. The number of nitrogens with zero attached hydrogens (tertiary/aromatic N) is 3. The van der Waals surface area contributed by atoms with Crippen molar-refractivity contribution in [3.8, 4) is 0 Å². The number of imidazole rings is 1. The van der Waals surface area contributed by atoms with E-state index in [-0.39, 0.29) is 29.5 Å². The van der Waals surface area contributed by atoms with Crippen LogP contribution in [0.5, 0.6) is 0 Å². The van der Waals surface area contributed by atoms with Gasteiger partial charge in [-0.2, -0.15) is 0 Å². The Morgan fingerprint density at radius 1 is 1.38 bits per heavy atom. The van der Waals surface area contributed by atoms with Gasteiger partial charge in [0.15, 0.2) is 5.96 Å². The molecule has 0 saturated carbocycles. The van der Waals surface area contributed by atoms with Gasteiger partial charge in [0.1, 0.15) is 5.65 Å². The molecular weight excluding hydrogens is 377 g/mol. The van der Waals surface area contributed by atoms with E-state index < -0.39 is 0 Å². The van der Waals surface area contributed by atoms with E-state index in [1.54, 1.807) is 7.05 Å². The molecule has 0 aliphatic carbocycles. The van der Waals surface area contributed by atoms with Crippen LogP contribution < -0.4 is 10.6 Å². The smallest absolute Gasteiger partial charge is 0.191 e. The van der Waals surface area contributed by atoms with Crippen molar-refractivity contribution in [1.82, 2.24) is 20.0 Å². The van der Waals surface area contributed by atoms with Crippen LogP contribution in [0.3, 0.4) is 0 Å². The Morgan fingerprint density at radius 3 is 2.71 bits per heavy atom. The lowest BCUT2D eigenvalue weighted by Crippen LogP contribution is -2.47. The Bertz CT molecular complexity index is 625. The molecule has 0 spiro atoms. The lowest BCUT2D eigenvalue weighted by Gasteiger charge is -2.23. The molecule has 0 aliphatic rings. The van der Waals surface area contributed by atoms with E-state index in [9.17, 15) is 0 Å². The second kappa shape index (κ2) is 7.11. The third-order valence-corrected chi connectivity index (χ3v) is 2.82. The first-order valence-corrected chi connectivity index (χ1v) is 6.80. The van der Waals surface area contributed by atoms with Crippen LogP contribution in [0, 0.1) is 6.92 Å². The molecule has 0 radical (unpaired) electrons. The number of aryl methyl sites for hydroxylation is 1. The Balaban J connectivity index is 0.00000220. The molecule has 0 unspecified atom stereocenters. The van der Waals surface area contributed by atoms with Crippen molar-refractivity contribution in [3.63, 3.8) is 0 Å². The largest absolute Gasteiger partial charge is 0.352 e. The average molecular weight is 401 g/mol. The molecule has 0 fully saturated rings. The van der Waals surface area contributed by atoms with Gasteiger partial charge in [0.05, 0.1) is 12.2 Å². The average Bonchev–Trinajstić information content (AvgIpc) is 2.75. The van der Waals surface area contributed by atoms with Gasteiger partial charge >= 0.3 is 0 Å². The first-order valence-electron chi connectivity index (χ1n) is 6.80. The monoisotopic (exact) mass is 401 g/mol. The molecule has 2 N–H and O–H groups in total. The van der Waals surface area contributed by atoms with Gasteiger partial charge in [-0.15, -0.1) is 24.0 Å². The molecule has 0 aliphatic heterocycles. The van der Waals surface area contributed by atoms with Crippen molar-refractivity contribution in [2.75, 3.05) is 7.05 Å². The van der Waals surface area contributed by atoms with Crippen LogP contribution in [0.4, 0.5) is 0 Å². The van der Waals surface area contributed by atoms with Crippen LogP contribution in [0.25, 0.3) is 5.65 Å². The van der Waals surface area contributed by atoms with Gasteiger partial charge in [-0.1, -0.05) is 0 Å². The molecule has 2 aromatic rings. The zero-order valence-electron chi connectivity index (χ0n) is 13.3. The summed E-state index contributed by atoms with van der Waals surface area (Å²) in [7, 11) is 1.77. The molecule has 0 saturated heterocycles. The number of nitrogens with one attached hydrogen (secondary N) is 2. The van der Waals surface area contributed by atoms with Crippen LogP contribution in [0.1, 0.15) is 32.0 Å². The fourth-order valence-corrected chi connectivity index (χ4v) is 1.93. The lowest BCUT2D eigenvalue weighted by molar-refractivity contribution is 0.501. The van der Waals surface area contributed by atoms with E-state index in [1.807, 2.05) is 16.8 Å². The van der Waals surface area contributed by atoms with Crippen molar-refractivity contribution in [3.05, 3.63) is 35.8 Å². The highest BCUT2D eigenvalue weighted by molar-refractivity contribution is 14.0. The first kappa shape index (κ1) is 17.7. The molecule has 116 valence electrons. The summed E-state index contributed by atoms with van der Waals surface area (Å²) in [5.41, 5.74) is 3.17. The van der Waals surface area contributed by atoms with Gasteiger partial charge in [-0.05, 0) is 45.4 Å². The zero-order valence-corrected chi connectivity index (χ0v) is 15.6. The number of guanidine groups is 1. The summed E-state index contributed by atoms with van der Waals surface area (Å²) in [6.07, 6.45) is 4.07. The van der Waals surface area contributed by atoms with Gasteiger partial charge in [-0.3, -0.25) is 4.99 Å². The third-order valence-electron chi connectivity index (χ3n) is 2.82. The van der Waals surface area contributed by atoms with Crippen molar-refractivity contribution in [2.45, 2.75) is 39.8 Å². The van der Waals surface area contributed by atoms with Crippen molar-refractivity contribution < 1.29 is 0 Å². The molecule has 0 amide bonds. The quantitative estimate of drug-likeness (QED) is 0.462. The van der Waals surface area contributed by atoms with E-state index in [0.29, 0.717) is 6.54 Å². The minimum absolute atomic E-state index is 0. The summed E-state index contributed by atoms with van der Waals surface area (Å²) in [4.78, 5) is 8.81. The van der Waals surface area contributed by atoms with Crippen molar-refractivity contribution in [1.29, 1.82) is 0 Å². The number of halogens is 1. The molecule has 6 heteroatoms. The third kappa shape index (κ3) is 5.18. The van der Waals surface area contributed by atoms with E-state index >= 15 is 0 Å². The summed E-state index contributed by atoms with van der Waals surface area (Å²) in [5, 5.41) is 6.60. The van der Waals surface area contributed by atoms with Gasteiger partial charge in [0, 0.05) is 25.0 Å². The van der Waals surface area contributed by atoms with E-state index in [0.717, 1.165) is 17.3 Å². The van der Waals surface area contributed by atoms with Gasteiger partial charge in [-0.25, -0.2) is 4.98 Å². The highest BCUT2D eigenvalue weighted by Gasteiger charge is 2.12. The fourth-order valence-electron chi connectivity index (χ4n) is 1.93. The topological polar surface area (TPSA) is 53.7 Å². The first-order chi connectivity index (χ1) is 9.37. The molecule has 2 aromatic heterocycles. The van der Waals surface area contributed by atoms with Crippen molar-refractivity contribution >= 4 is 35.6 Å². The van der Waals surface area contributed by atoms with Crippen LogP contribution in [0.2, 0.25) is 0 Å².